The molecule has 0 spiro atoms. The molecule has 1 atom stereocenters. The molecule has 122 valence electrons. The maximum Gasteiger partial charge on any atom is 0.274 e. The van der Waals surface area contributed by atoms with E-state index in [2.05, 4.69) is 10.3 Å². The van der Waals surface area contributed by atoms with Crippen molar-refractivity contribution in [1.29, 1.82) is 0 Å². The fourth-order valence-electron chi connectivity index (χ4n) is 2.43. The summed E-state index contributed by atoms with van der Waals surface area (Å²) in [5.74, 6) is -1.41. The highest BCUT2D eigenvalue weighted by Crippen LogP contribution is 2.13. The van der Waals surface area contributed by atoms with E-state index in [1.54, 1.807) is 19.2 Å². The molecule has 0 radical (unpaired) electrons. The monoisotopic (exact) mass is 320 g/mol. The van der Waals surface area contributed by atoms with Crippen LogP contribution in [0, 0.1) is 12.9 Å². The van der Waals surface area contributed by atoms with E-state index < -0.39 is 11.9 Å². The molecule has 3 rings (SSSR count). The number of hydrogen-bond donors (Lipinski definition) is 1. The second-order valence-corrected chi connectivity index (χ2v) is 5.60. The summed E-state index contributed by atoms with van der Waals surface area (Å²) in [5, 5.41) is 2.60. The van der Waals surface area contributed by atoms with Gasteiger partial charge in [-0.15, -0.1) is 0 Å². The van der Waals surface area contributed by atoms with Gasteiger partial charge in [0.1, 0.15) is 12.3 Å². The lowest BCUT2D eigenvalue weighted by Crippen LogP contribution is -2.48. The number of carbonyl (C=O) groups is 2. The molecule has 0 saturated carbocycles. The van der Waals surface area contributed by atoms with E-state index >= 15 is 0 Å². The number of fused-ring (bicyclic) bond motifs is 1. The number of imidazole rings is 1. The predicted octanol–water partition coefficient (Wildman–Crippen LogP) is 0.369. The molecule has 2 aromatic rings. The summed E-state index contributed by atoms with van der Waals surface area (Å²) in [7, 11) is 1.67. The molecule has 0 aliphatic carbocycles. The van der Waals surface area contributed by atoms with Crippen LogP contribution in [0.3, 0.4) is 0 Å². The zero-order chi connectivity index (χ0) is 16.6. The second kappa shape index (κ2) is 5.96. The topological polar surface area (TPSA) is 75.9 Å². The van der Waals surface area contributed by atoms with E-state index in [-0.39, 0.29) is 30.9 Å². The molecule has 0 aromatic carbocycles. The highest BCUT2D eigenvalue weighted by molar-refractivity contribution is 5.93. The number of morpholine rings is 1. The van der Waals surface area contributed by atoms with Crippen molar-refractivity contribution in [2.45, 2.75) is 13.0 Å². The Morgan fingerprint density at radius 3 is 3.09 bits per heavy atom. The van der Waals surface area contributed by atoms with Gasteiger partial charge in [0, 0.05) is 26.3 Å². The SMILES string of the molecule is Cc1ccn2c(F)c(C(=O)NC[C@H]3CN(C)C(=O)CO3)nc2c1. The summed E-state index contributed by atoms with van der Waals surface area (Å²) in [5.41, 5.74) is 1.06. The van der Waals surface area contributed by atoms with Gasteiger partial charge in [-0.3, -0.25) is 14.0 Å². The zero-order valence-corrected chi connectivity index (χ0v) is 12.9. The molecular weight excluding hydrogens is 303 g/mol. The molecule has 0 unspecified atom stereocenters. The lowest BCUT2D eigenvalue weighted by molar-refractivity contribution is -0.146. The number of pyridine rings is 1. The Kier molecular flexibility index (Phi) is 3.99. The van der Waals surface area contributed by atoms with Gasteiger partial charge < -0.3 is 15.0 Å². The third-order valence-electron chi connectivity index (χ3n) is 3.77. The number of likely N-dealkylation sites (N-methyl/N-ethyl adjacent to an activating group) is 1. The van der Waals surface area contributed by atoms with Gasteiger partial charge >= 0.3 is 0 Å². The third-order valence-corrected chi connectivity index (χ3v) is 3.77. The average molecular weight is 320 g/mol. The number of hydrogen-bond acceptors (Lipinski definition) is 4. The van der Waals surface area contributed by atoms with Crippen LogP contribution in [-0.2, 0) is 9.53 Å². The number of amides is 2. The minimum atomic E-state index is -0.700. The summed E-state index contributed by atoms with van der Waals surface area (Å²) in [6.07, 6.45) is 1.22. The maximum absolute atomic E-state index is 14.2. The van der Waals surface area contributed by atoms with Crippen LogP contribution < -0.4 is 5.32 Å². The van der Waals surface area contributed by atoms with Gasteiger partial charge in [-0.1, -0.05) is 0 Å². The van der Waals surface area contributed by atoms with Gasteiger partial charge in [0.05, 0.1) is 6.10 Å². The van der Waals surface area contributed by atoms with Gasteiger partial charge in [-0.2, -0.15) is 4.39 Å². The van der Waals surface area contributed by atoms with Crippen molar-refractivity contribution >= 4 is 17.5 Å². The minimum absolute atomic E-state index is 0.0148. The van der Waals surface area contributed by atoms with E-state index in [1.165, 1.54) is 15.5 Å². The maximum atomic E-state index is 14.2. The fraction of sp³-hybridized carbons (Fsp3) is 0.400. The van der Waals surface area contributed by atoms with Crippen molar-refractivity contribution in [3.05, 3.63) is 35.5 Å². The van der Waals surface area contributed by atoms with Crippen molar-refractivity contribution in [2.75, 3.05) is 26.7 Å². The van der Waals surface area contributed by atoms with Gasteiger partial charge in [-0.25, -0.2) is 4.98 Å². The Hall–Kier alpha value is -2.48. The first kappa shape index (κ1) is 15.4. The molecule has 1 saturated heterocycles. The van der Waals surface area contributed by atoms with Crippen LogP contribution in [0.4, 0.5) is 4.39 Å². The molecule has 2 amide bonds. The summed E-state index contributed by atoms with van der Waals surface area (Å²) in [6, 6.07) is 3.44. The molecule has 3 heterocycles. The summed E-state index contributed by atoms with van der Waals surface area (Å²) < 4.78 is 20.8. The zero-order valence-electron chi connectivity index (χ0n) is 12.9. The smallest absolute Gasteiger partial charge is 0.274 e. The molecule has 23 heavy (non-hydrogen) atoms. The minimum Gasteiger partial charge on any atom is -0.365 e. The first-order valence-electron chi connectivity index (χ1n) is 7.23. The van der Waals surface area contributed by atoms with Gasteiger partial charge in [-0.05, 0) is 24.6 Å². The van der Waals surface area contributed by atoms with Crippen molar-refractivity contribution in [3.8, 4) is 0 Å². The second-order valence-electron chi connectivity index (χ2n) is 5.60. The standard InChI is InChI=1S/C15H17FN4O3/c1-9-3-4-20-11(5-9)18-13(14(20)16)15(22)17-6-10-7-19(2)12(21)8-23-10/h3-5,10H,6-8H2,1-2H3,(H,17,22)/t10-/m0/s1. The van der Waals surface area contributed by atoms with E-state index in [4.69, 9.17) is 4.74 Å². The number of nitrogens with one attached hydrogen (secondary N) is 1. The Morgan fingerprint density at radius 1 is 1.57 bits per heavy atom. The van der Waals surface area contributed by atoms with Gasteiger partial charge in [0.2, 0.25) is 11.9 Å². The van der Waals surface area contributed by atoms with E-state index in [9.17, 15) is 14.0 Å². The van der Waals surface area contributed by atoms with Crippen LogP contribution in [0.1, 0.15) is 16.1 Å². The van der Waals surface area contributed by atoms with E-state index in [0.717, 1.165) is 5.56 Å². The number of nitrogens with zero attached hydrogens (tertiary/aromatic N) is 3. The van der Waals surface area contributed by atoms with E-state index in [0.29, 0.717) is 12.2 Å². The van der Waals surface area contributed by atoms with Crippen LogP contribution in [0.5, 0.6) is 0 Å². The molecule has 0 bridgehead atoms. The number of aromatic nitrogens is 2. The molecule has 1 aliphatic heterocycles. The van der Waals surface area contributed by atoms with Crippen LogP contribution in [0.2, 0.25) is 0 Å². The molecule has 8 heteroatoms. The predicted molar refractivity (Wildman–Crippen MR) is 79.6 cm³/mol. The number of halogens is 1. The largest absolute Gasteiger partial charge is 0.365 e. The molecule has 7 nitrogen and oxygen atoms in total. The van der Waals surface area contributed by atoms with Crippen LogP contribution in [-0.4, -0.2) is 58.9 Å². The summed E-state index contributed by atoms with van der Waals surface area (Å²) in [4.78, 5) is 29.0. The van der Waals surface area contributed by atoms with E-state index in [1.807, 2.05) is 6.92 Å². The normalized spacial score (nSPS) is 18.5. The Morgan fingerprint density at radius 2 is 2.35 bits per heavy atom. The molecule has 1 N–H and O–H groups in total. The lowest BCUT2D eigenvalue weighted by Gasteiger charge is -2.29. The summed E-state index contributed by atoms with van der Waals surface area (Å²) in [6.45, 7) is 2.42. The highest BCUT2D eigenvalue weighted by atomic mass is 19.1. The first-order valence-corrected chi connectivity index (χ1v) is 7.23. The molecular formula is C15H17FN4O3. The van der Waals surface area contributed by atoms with Crippen molar-refractivity contribution in [2.24, 2.45) is 0 Å². The fourth-order valence-corrected chi connectivity index (χ4v) is 2.43. The molecule has 1 aliphatic rings. The van der Waals surface area contributed by atoms with Gasteiger partial charge in [0.15, 0.2) is 5.69 Å². The Balaban J connectivity index is 1.69. The Labute approximate surface area is 132 Å². The van der Waals surface area contributed by atoms with Gasteiger partial charge in [0.25, 0.3) is 5.91 Å². The lowest BCUT2D eigenvalue weighted by atomic mass is 10.2. The number of ether oxygens (including phenoxy) is 1. The molecule has 1 fully saturated rings. The quantitative estimate of drug-likeness (QED) is 0.886. The van der Waals surface area contributed by atoms with Crippen LogP contribution in [0.25, 0.3) is 5.65 Å². The average Bonchev–Trinajstić information content (AvgIpc) is 2.84. The Bertz CT molecular complexity index is 773. The third kappa shape index (κ3) is 3.02. The van der Waals surface area contributed by atoms with Crippen LogP contribution in [0.15, 0.2) is 18.3 Å². The number of carbonyl (C=O) groups excluding carboxylic acids is 2. The highest BCUT2D eigenvalue weighted by Gasteiger charge is 2.25. The summed E-state index contributed by atoms with van der Waals surface area (Å²) >= 11 is 0. The number of aryl methyl sites for hydroxylation is 1. The van der Waals surface area contributed by atoms with Crippen molar-refractivity contribution < 1.29 is 18.7 Å². The van der Waals surface area contributed by atoms with Crippen LogP contribution >= 0.6 is 0 Å². The first-order chi connectivity index (χ1) is 11.0. The van der Waals surface area contributed by atoms with Crippen molar-refractivity contribution in [1.82, 2.24) is 19.6 Å². The number of rotatable bonds is 3. The van der Waals surface area contributed by atoms with Crippen molar-refractivity contribution in [3.63, 3.8) is 0 Å². The molecule has 2 aromatic heterocycles.